The summed E-state index contributed by atoms with van der Waals surface area (Å²) in [7, 11) is 0. The maximum absolute atomic E-state index is 10.3. The Labute approximate surface area is 81.7 Å². The van der Waals surface area contributed by atoms with Gasteiger partial charge in [-0.2, -0.15) is 0 Å². The summed E-state index contributed by atoms with van der Waals surface area (Å²) in [5.41, 5.74) is 0. The third-order valence-corrected chi connectivity index (χ3v) is 1.76. The smallest absolute Gasteiger partial charge is 0.311 e. The summed E-state index contributed by atoms with van der Waals surface area (Å²) in [4.78, 5) is 10.3. The summed E-state index contributed by atoms with van der Waals surface area (Å²) in [5, 5.41) is 12.1. The molecule has 1 heterocycles. The molecule has 0 aliphatic carbocycles. The maximum Gasteiger partial charge on any atom is 0.311 e. The lowest BCUT2D eigenvalue weighted by Crippen LogP contribution is -2.09. The van der Waals surface area contributed by atoms with E-state index < -0.39 is 5.97 Å². The van der Waals surface area contributed by atoms with Gasteiger partial charge >= 0.3 is 5.97 Å². The van der Waals surface area contributed by atoms with E-state index in [0.29, 0.717) is 11.6 Å². The Morgan fingerprint density at radius 1 is 1.79 bits per heavy atom. The molecular weight excluding hydrogens is 186 g/mol. The molecule has 5 heteroatoms. The lowest BCUT2D eigenvalue weighted by atomic mass is 10.3. The second kappa shape index (κ2) is 4.64. The molecule has 0 spiro atoms. The van der Waals surface area contributed by atoms with Crippen LogP contribution in [0.1, 0.15) is 26.0 Å². The highest BCUT2D eigenvalue weighted by atomic mass is 16.5. The molecule has 0 radical (unpaired) electrons. The first kappa shape index (κ1) is 10.6. The minimum Gasteiger partial charge on any atom is -0.481 e. The number of rotatable bonds is 5. The predicted molar refractivity (Wildman–Crippen MR) is 48.2 cm³/mol. The molecule has 1 unspecified atom stereocenters. The summed E-state index contributed by atoms with van der Waals surface area (Å²) < 4.78 is 10.1. The monoisotopic (exact) mass is 199 g/mol. The normalized spacial score (nSPS) is 12.4. The molecule has 14 heavy (non-hydrogen) atoms. The molecular formula is C9H13NO4. The molecule has 0 saturated heterocycles. The highest BCUT2D eigenvalue weighted by Crippen LogP contribution is 2.14. The summed E-state index contributed by atoms with van der Waals surface area (Å²) >= 11 is 0. The van der Waals surface area contributed by atoms with Gasteiger partial charge in [0.05, 0.1) is 6.10 Å². The van der Waals surface area contributed by atoms with E-state index in [9.17, 15) is 4.79 Å². The zero-order chi connectivity index (χ0) is 10.6. The van der Waals surface area contributed by atoms with Gasteiger partial charge in [0, 0.05) is 6.07 Å². The number of hydrogen-bond donors (Lipinski definition) is 1. The first-order chi connectivity index (χ1) is 6.61. The molecule has 5 nitrogen and oxygen atoms in total. The molecule has 1 aromatic rings. The van der Waals surface area contributed by atoms with Crippen molar-refractivity contribution in [1.82, 2.24) is 5.16 Å². The molecule has 1 N–H and O–H groups in total. The van der Waals surface area contributed by atoms with E-state index in [0.717, 1.165) is 6.42 Å². The van der Waals surface area contributed by atoms with Gasteiger partial charge in [-0.15, -0.1) is 0 Å². The minimum atomic E-state index is -0.948. The fourth-order valence-corrected chi connectivity index (χ4v) is 0.871. The number of hydrogen-bond acceptors (Lipinski definition) is 4. The van der Waals surface area contributed by atoms with Gasteiger partial charge in [0.1, 0.15) is 6.42 Å². The summed E-state index contributed by atoms with van der Waals surface area (Å²) in [6.45, 7) is 3.90. The summed E-state index contributed by atoms with van der Waals surface area (Å²) in [5.74, 6) is -0.303. The van der Waals surface area contributed by atoms with E-state index in [-0.39, 0.29) is 12.5 Å². The Hall–Kier alpha value is -1.52. The number of aliphatic carboxylic acids is 1. The molecule has 1 atom stereocenters. The zero-order valence-corrected chi connectivity index (χ0v) is 8.19. The van der Waals surface area contributed by atoms with Gasteiger partial charge in [0.25, 0.3) is 5.88 Å². The first-order valence-electron chi connectivity index (χ1n) is 4.46. The van der Waals surface area contributed by atoms with Gasteiger partial charge in [0.2, 0.25) is 0 Å². The van der Waals surface area contributed by atoms with Crippen molar-refractivity contribution in [3.05, 3.63) is 11.8 Å². The largest absolute Gasteiger partial charge is 0.481 e. The van der Waals surface area contributed by atoms with E-state index in [4.69, 9.17) is 14.4 Å². The maximum atomic E-state index is 10.3. The minimum absolute atomic E-state index is 0.0535. The average Bonchev–Trinajstić information content (AvgIpc) is 2.51. The molecule has 0 aliphatic rings. The van der Waals surface area contributed by atoms with Gasteiger partial charge < -0.3 is 14.4 Å². The van der Waals surface area contributed by atoms with E-state index in [1.807, 2.05) is 13.8 Å². The van der Waals surface area contributed by atoms with Crippen LogP contribution < -0.4 is 4.74 Å². The highest BCUT2D eigenvalue weighted by molar-refractivity contribution is 5.69. The number of aromatic nitrogens is 1. The van der Waals surface area contributed by atoms with Crippen LogP contribution in [0.2, 0.25) is 0 Å². The predicted octanol–water partition coefficient (Wildman–Crippen LogP) is 1.48. The summed E-state index contributed by atoms with van der Waals surface area (Å²) in [6.07, 6.45) is 0.746. The van der Waals surface area contributed by atoms with Crippen LogP contribution in [0.15, 0.2) is 10.6 Å². The number of ether oxygens (including phenoxy) is 1. The molecule has 0 amide bonds. The van der Waals surface area contributed by atoms with Crippen molar-refractivity contribution in [3.63, 3.8) is 0 Å². The van der Waals surface area contributed by atoms with Crippen LogP contribution in [-0.4, -0.2) is 22.3 Å². The van der Waals surface area contributed by atoms with E-state index in [1.165, 1.54) is 6.07 Å². The van der Waals surface area contributed by atoms with Crippen LogP contribution in [0.25, 0.3) is 0 Å². The van der Waals surface area contributed by atoms with Crippen molar-refractivity contribution in [2.45, 2.75) is 32.8 Å². The fraction of sp³-hybridized carbons (Fsp3) is 0.556. The van der Waals surface area contributed by atoms with Crippen LogP contribution in [0.3, 0.4) is 0 Å². The van der Waals surface area contributed by atoms with Gasteiger partial charge in [-0.05, 0) is 18.5 Å². The van der Waals surface area contributed by atoms with Crippen molar-refractivity contribution < 1.29 is 19.2 Å². The first-order valence-corrected chi connectivity index (χ1v) is 4.46. The Balaban J connectivity index is 2.54. The number of carbonyl (C=O) groups is 1. The fourth-order valence-electron chi connectivity index (χ4n) is 0.871. The molecule has 0 bridgehead atoms. The molecule has 0 aromatic carbocycles. The molecule has 0 aliphatic heterocycles. The second-order valence-corrected chi connectivity index (χ2v) is 3.04. The SMILES string of the molecule is CCC(C)Oc1cc(CC(=O)O)on1. The molecule has 0 saturated carbocycles. The topological polar surface area (TPSA) is 72.6 Å². The highest BCUT2D eigenvalue weighted by Gasteiger charge is 2.10. The van der Waals surface area contributed by atoms with Crippen LogP contribution in [0, 0.1) is 0 Å². The van der Waals surface area contributed by atoms with Gasteiger partial charge in [-0.1, -0.05) is 6.92 Å². The zero-order valence-electron chi connectivity index (χ0n) is 8.19. The average molecular weight is 199 g/mol. The lowest BCUT2D eigenvalue weighted by molar-refractivity contribution is -0.136. The van der Waals surface area contributed by atoms with Crippen LogP contribution in [-0.2, 0) is 11.2 Å². The van der Waals surface area contributed by atoms with Crippen molar-refractivity contribution in [3.8, 4) is 5.88 Å². The van der Waals surface area contributed by atoms with Crippen LogP contribution in [0.5, 0.6) is 5.88 Å². The van der Waals surface area contributed by atoms with Gasteiger partial charge in [-0.25, -0.2) is 0 Å². The van der Waals surface area contributed by atoms with Gasteiger partial charge in [-0.3, -0.25) is 4.79 Å². The third-order valence-electron chi connectivity index (χ3n) is 1.76. The Kier molecular flexibility index (Phi) is 3.50. The van der Waals surface area contributed by atoms with Crippen molar-refractivity contribution in [2.24, 2.45) is 0 Å². The van der Waals surface area contributed by atoms with Crippen molar-refractivity contribution in [1.29, 1.82) is 0 Å². The van der Waals surface area contributed by atoms with Crippen LogP contribution in [0.4, 0.5) is 0 Å². The number of nitrogens with zero attached hydrogens (tertiary/aromatic N) is 1. The molecule has 1 aromatic heterocycles. The Bertz CT molecular complexity index is 308. The van der Waals surface area contributed by atoms with Crippen molar-refractivity contribution in [2.75, 3.05) is 0 Å². The van der Waals surface area contributed by atoms with E-state index in [1.54, 1.807) is 0 Å². The van der Waals surface area contributed by atoms with Gasteiger partial charge in [0.15, 0.2) is 5.76 Å². The number of carboxylic acid groups (broad SMARTS) is 1. The molecule has 0 fully saturated rings. The van der Waals surface area contributed by atoms with E-state index in [2.05, 4.69) is 5.16 Å². The number of carboxylic acids is 1. The quantitative estimate of drug-likeness (QED) is 0.777. The summed E-state index contributed by atoms with van der Waals surface area (Å²) in [6, 6.07) is 1.50. The standard InChI is InChI=1S/C9H13NO4/c1-3-6(2)13-8-4-7(14-10-8)5-9(11)12/h4,6H,3,5H2,1-2H3,(H,11,12). The third kappa shape index (κ3) is 3.08. The Morgan fingerprint density at radius 3 is 3.07 bits per heavy atom. The Morgan fingerprint density at radius 2 is 2.50 bits per heavy atom. The van der Waals surface area contributed by atoms with E-state index >= 15 is 0 Å². The van der Waals surface area contributed by atoms with Crippen molar-refractivity contribution >= 4 is 5.97 Å². The second-order valence-electron chi connectivity index (χ2n) is 3.04. The molecule has 1 rings (SSSR count). The van der Waals surface area contributed by atoms with Crippen LogP contribution >= 0.6 is 0 Å². The lowest BCUT2D eigenvalue weighted by Gasteiger charge is -2.07. The molecule has 78 valence electrons.